The van der Waals surface area contributed by atoms with Gasteiger partial charge in [0.05, 0.1) is 16.8 Å². The van der Waals surface area contributed by atoms with E-state index in [2.05, 4.69) is 21.9 Å². The molecule has 0 saturated heterocycles. The highest BCUT2D eigenvalue weighted by Gasteiger charge is 2.24. The van der Waals surface area contributed by atoms with Gasteiger partial charge < -0.3 is 9.88 Å². The van der Waals surface area contributed by atoms with Gasteiger partial charge >= 0.3 is 0 Å². The molecule has 0 bridgehead atoms. The van der Waals surface area contributed by atoms with E-state index in [9.17, 15) is 8.42 Å². The van der Waals surface area contributed by atoms with E-state index >= 15 is 0 Å². The van der Waals surface area contributed by atoms with Crippen LogP contribution in [-0.4, -0.2) is 31.5 Å². The molecule has 0 aliphatic heterocycles. The van der Waals surface area contributed by atoms with Crippen LogP contribution >= 0.6 is 0 Å². The molecule has 1 N–H and O–H groups in total. The van der Waals surface area contributed by atoms with Crippen LogP contribution in [-0.2, 0) is 15.6 Å². The van der Waals surface area contributed by atoms with Gasteiger partial charge in [0, 0.05) is 18.8 Å². The lowest BCUT2D eigenvalue weighted by Crippen LogP contribution is -2.34. The van der Waals surface area contributed by atoms with Crippen LogP contribution in [0.1, 0.15) is 37.7 Å². The van der Waals surface area contributed by atoms with Gasteiger partial charge in [-0.3, -0.25) is 0 Å². The average molecular weight is 384 g/mol. The molecule has 2 aromatic carbocycles. The maximum Gasteiger partial charge on any atom is 0.226 e. The van der Waals surface area contributed by atoms with Gasteiger partial charge in [-0.2, -0.15) is 0 Å². The van der Waals surface area contributed by atoms with Crippen molar-refractivity contribution < 1.29 is 8.42 Å². The number of benzene rings is 2. The standard InChI is InChI=1S/C21H25N3O2S/c1-24(17-10-3-2-4-11-17)20-14-8-5-9-16(20)15-27(25,26)21-22-18-12-6-7-13-19(18)23-21/h5-9,12-14,17H,2-4,10-11,15H2,1H3,(H,22,23). The molecule has 1 fully saturated rings. The number of hydrogen-bond donors (Lipinski definition) is 1. The second-order valence-electron chi connectivity index (χ2n) is 7.35. The summed E-state index contributed by atoms with van der Waals surface area (Å²) in [7, 11) is -1.47. The van der Waals surface area contributed by atoms with Crippen molar-refractivity contribution in [2.75, 3.05) is 11.9 Å². The molecule has 1 aliphatic rings. The number of rotatable bonds is 5. The molecule has 0 amide bonds. The monoisotopic (exact) mass is 383 g/mol. The summed E-state index contributed by atoms with van der Waals surface area (Å²) in [6, 6.07) is 15.7. The first-order chi connectivity index (χ1) is 13.0. The van der Waals surface area contributed by atoms with Crippen LogP contribution in [0.25, 0.3) is 11.0 Å². The van der Waals surface area contributed by atoms with E-state index in [1.165, 1.54) is 32.1 Å². The van der Waals surface area contributed by atoms with Crippen LogP contribution in [0.15, 0.2) is 53.7 Å². The number of anilines is 1. The van der Waals surface area contributed by atoms with E-state index in [4.69, 9.17) is 0 Å². The number of para-hydroxylation sites is 3. The number of nitrogens with zero attached hydrogens (tertiary/aromatic N) is 2. The molecule has 6 heteroatoms. The van der Waals surface area contributed by atoms with Crippen molar-refractivity contribution in [2.24, 2.45) is 0 Å². The van der Waals surface area contributed by atoms with Crippen molar-refractivity contribution >= 4 is 26.6 Å². The third kappa shape index (κ3) is 3.72. The van der Waals surface area contributed by atoms with E-state index < -0.39 is 9.84 Å². The van der Waals surface area contributed by atoms with Crippen molar-refractivity contribution in [3.05, 3.63) is 54.1 Å². The Hall–Kier alpha value is -2.34. The van der Waals surface area contributed by atoms with Gasteiger partial charge in [-0.05, 0) is 36.6 Å². The number of H-pyrrole nitrogens is 1. The Balaban J connectivity index is 1.63. The molecule has 27 heavy (non-hydrogen) atoms. The number of sulfone groups is 1. The minimum absolute atomic E-state index is 0.0406. The number of nitrogens with one attached hydrogen (secondary N) is 1. The van der Waals surface area contributed by atoms with Gasteiger partial charge in [0.15, 0.2) is 0 Å². The molecule has 1 aliphatic carbocycles. The minimum Gasteiger partial charge on any atom is -0.371 e. The Labute approximate surface area is 160 Å². The first kappa shape index (κ1) is 18.0. The van der Waals surface area contributed by atoms with Gasteiger partial charge in [0.25, 0.3) is 0 Å². The molecule has 3 aromatic rings. The Morgan fingerprint density at radius 2 is 1.74 bits per heavy atom. The Bertz CT molecular complexity index is 1000. The lowest BCUT2D eigenvalue weighted by molar-refractivity contribution is 0.427. The summed E-state index contributed by atoms with van der Waals surface area (Å²) >= 11 is 0. The highest BCUT2D eigenvalue weighted by molar-refractivity contribution is 7.90. The molecule has 4 rings (SSSR count). The number of fused-ring (bicyclic) bond motifs is 1. The fraction of sp³-hybridized carbons (Fsp3) is 0.381. The molecule has 0 unspecified atom stereocenters. The van der Waals surface area contributed by atoms with E-state index in [0.717, 1.165) is 16.8 Å². The van der Waals surface area contributed by atoms with Gasteiger partial charge in [-0.15, -0.1) is 0 Å². The number of aromatic nitrogens is 2. The largest absolute Gasteiger partial charge is 0.371 e. The van der Waals surface area contributed by atoms with Gasteiger partial charge in [0.2, 0.25) is 15.0 Å². The fourth-order valence-electron chi connectivity index (χ4n) is 3.99. The molecule has 1 saturated carbocycles. The maximum atomic E-state index is 13.0. The predicted octanol–water partition coefficient (Wildman–Crippen LogP) is 4.31. The van der Waals surface area contributed by atoms with Crippen molar-refractivity contribution in [1.29, 1.82) is 0 Å². The number of imidazole rings is 1. The van der Waals surface area contributed by atoms with Crippen LogP contribution in [0, 0.1) is 0 Å². The molecule has 0 radical (unpaired) electrons. The van der Waals surface area contributed by atoms with Crippen LogP contribution in [0.5, 0.6) is 0 Å². The Morgan fingerprint density at radius 1 is 1.04 bits per heavy atom. The summed E-state index contributed by atoms with van der Waals surface area (Å²) in [6.07, 6.45) is 6.12. The summed E-state index contributed by atoms with van der Waals surface area (Å²) in [6.45, 7) is 0. The van der Waals surface area contributed by atoms with Gasteiger partial charge in [-0.1, -0.05) is 49.6 Å². The molecular formula is C21H25N3O2S. The number of hydrogen-bond acceptors (Lipinski definition) is 4. The fourth-order valence-corrected chi connectivity index (χ4v) is 5.28. The number of aromatic amines is 1. The quantitative estimate of drug-likeness (QED) is 0.713. The van der Waals surface area contributed by atoms with Crippen LogP contribution in [0.2, 0.25) is 0 Å². The lowest BCUT2D eigenvalue weighted by Gasteiger charge is -2.34. The molecule has 1 heterocycles. The zero-order chi connectivity index (χ0) is 18.9. The SMILES string of the molecule is CN(c1ccccc1CS(=O)(=O)c1nc2ccccc2[nH]1)C1CCCCC1. The minimum atomic E-state index is -3.56. The summed E-state index contributed by atoms with van der Waals surface area (Å²) in [5.74, 6) is -0.0555. The zero-order valence-corrected chi connectivity index (χ0v) is 16.4. The molecule has 1 aromatic heterocycles. The highest BCUT2D eigenvalue weighted by Crippen LogP contribution is 2.30. The zero-order valence-electron chi connectivity index (χ0n) is 15.6. The molecule has 5 nitrogen and oxygen atoms in total. The second kappa shape index (κ2) is 7.35. The first-order valence-corrected chi connectivity index (χ1v) is 11.2. The van der Waals surface area contributed by atoms with Crippen molar-refractivity contribution in [3.8, 4) is 0 Å². The van der Waals surface area contributed by atoms with E-state index in [-0.39, 0.29) is 10.9 Å². The molecule has 0 atom stereocenters. The van der Waals surface area contributed by atoms with Crippen molar-refractivity contribution in [3.63, 3.8) is 0 Å². The van der Waals surface area contributed by atoms with E-state index in [1.54, 1.807) is 0 Å². The average Bonchev–Trinajstić information content (AvgIpc) is 3.14. The summed E-state index contributed by atoms with van der Waals surface area (Å²) in [5.41, 5.74) is 3.24. The molecule has 142 valence electrons. The second-order valence-corrected chi connectivity index (χ2v) is 9.25. The van der Waals surface area contributed by atoms with Crippen molar-refractivity contribution in [2.45, 2.75) is 49.1 Å². The normalized spacial score (nSPS) is 15.9. The topological polar surface area (TPSA) is 66.1 Å². The maximum absolute atomic E-state index is 13.0. The first-order valence-electron chi connectivity index (χ1n) is 9.53. The van der Waals surface area contributed by atoms with E-state index in [0.29, 0.717) is 11.6 Å². The van der Waals surface area contributed by atoms with Gasteiger partial charge in [-0.25, -0.2) is 13.4 Å². The smallest absolute Gasteiger partial charge is 0.226 e. The third-order valence-corrected chi connectivity index (χ3v) is 6.98. The van der Waals surface area contributed by atoms with E-state index in [1.807, 2.05) is 48.5 Å². The third-order valence-electron chi connectivity index (χ3n) is 5.50. The predicted molar refractivity (Wildman–Crippen MR) is 109 cm³/mol. The summed E-state index contributed by atoms with van der Waals surface area (Å²) in [4.78, 5) is 9.51. The summed E-state index contributed by atoms with van der Waals surface area (Å²) < 4.78 is 26.0. The molecular weight excluding hydrogens is 358 g/mol. The Morgan fingerprint density at radius 3 is 2.52 bits per heavy atom. The van der Waals surface area contributed by atoms with Crippen LogP contribution in [0.4, 0.5) is 5.69 Å². The van der Waals surface area contributed by atoms with Crippen LogP contribution < -0.4 is 4.90 Å². The van der Waals surface area contributed by atoms with Crippen molar-refractivity contribution in [1.82, 2.24) is 9.97 Å². The summed E-state index contributed by atoms with van der Waals surface area (Å²) in [5, 5.41) is 0.0406. The highest BCUT2D eigenvalue weighted by atomic mass is 32.2. The van der Waals surface area contributed by atoms with Crippen LogP contribution in [0.3, 0.4) is 0 Å². The van der Waals surface area contributed by atoms with Gasteiger partial charge in [0.1, 0.15) is 0 Å². The lowest BCUT2D eigenvalue weighted by atomic mass is 9.94. The molecule has 0 spiro atoms. The Kier molecular flexibility index (Phi) is 4.91.